The molecule has 3 unspecified atom stereocenters. The van der Waals surface area contributed by atoms with Crippen molar-refractivity contribution in [3.8, 4) is 11.8 Å². The maximum atomic E-state index is 11.7. The Kier molecular flexibility index (Phi) is 3.88. The van der Waals surface area contributed by atoms with E-state index < -0.39 is 0 Å². The van der Waals surface area contributed by atoms with Gasteiger partial charge in [0.15, 0.2) is 0 Å². The van der Waals surface area contributed by atoms with Crippen LogP contribution in [-0.4, -0.2) is 12.5 Å². The molecule has 0 aromatic rings. The molecule has 0 aromatic carbocycles. The van der Waals surface area contributed by atoms with Gasteiger partial charge >= 0.3 is 0 Å². The summed E-state index contributed by atoms with van der Waals surface area (Å²) in [7, 11) is 0. The Morgan fingerprint density at radius 2 is 2.25 bits per heavy atom. The molecule has 2 nitrogen and oxygen atoms in total. The molecule has 1 amide bonds. The summed E-state index contributed by atoms with van der Waals surface area (Å²) in [5.41, 5.74) is 0. The van der Waals surface area contributed by atoms with E-state index in [1.807, 2.05) is 6.92 Å². The quantitative estimate of drug-likeness (QED) is 0.570. The molecule has 2 saturated carbocycles. The zero-order chi connectivity index (χ0) is 11.4. The molecule has 88 valence electrons. The molecule has 2 aliphatic carbocycles. The van der Waals surface area contributed by atoms with E-state index in [0.717, 1.165) is 24.7 Å². The highest BCUT2D eigenvalue weighted by Crippen LogP contribution is 2.49. The zero-order valence-electron chi connectivity index (χ0n) is 10.1. The smallest absolute Gasteiger partial charge is 0.220 e. The van der Waals surface area contributed by atoms with E-state index in [1.54, 1.807) is 0 Å². The van der Waals surface area contributed by atoms with Crippen LogP contribution in [0.15, 0.2) is 0 Å². The summed E-state index contributed by atoms with van der Waals surface area (Å²) in [6.45, 7) is 2.54. The van der Waals surface area contributed by atoms with Gasteiger partial charge in [0.05, 0.1) is 0 Å². The van der Waals surface area contributed by atoms with Gasteiger partial charge in [-0.25, -0.2) is 0 Å². The highest BCUT2D eigenvalue weighted by molar-refractivity contribution is 5.76. The predicted octanol–water partition coefficient (Wildman–Crippen LogP) is 2.34. The monoisotopic (exact) mass is 219 g/mol. The Morgan fingerprint density at radius 1 is 1.38 bits per heavy atom. The molecule has 2 bridgehead atoms. The molecule has 2 aliphatic rings. The SMILES string of the molecule is CC#CCCNC(=O)CC1CC2CCC1C2. The summed E-state index contributed by atoms with van der Waals surface area (Å²) in [4.78, 5) is 11.7. The third kappa shape index (κ3) is 2.78. The minimum atomic E-state index is 0.232. The van der Waals surface area contributed by atoms with Gasteiger partial charge in [-0.3, -0.25) is 4.79 Å². The van der Waals surface area contributed by atoms with Gasteiger partial charge in [0, 0.05) is 19.4 Å². The van der Waals surface area contributed by atoms with Gasteiger partial charge in [0.1, 0.15) is 0 Å². The average molecular weight is 219 g/mol. The maximum absolute atomic E-state index is 11.7. The highest BCUT2D eigenvalue weighted by Gasteiger charge is 2.39. The van der Waals surface area contributed by atoms with Gasteiger partial charge in [0.25, 0.3) is 0 Å². The van der Waals surface area contributed by atoms with Gasteiger partial charge in [-0.15, -0.1) is 11.8 Å². The lowest BCUT2D eigenvalue weighted by atomic mass is 9.86. The van der Waals surface area contributed by atoms with Gasteiger partial charge < -0.3 is 5.32 Å². The first kappa shape index (κ1) is 11.5. The second-order valence-electron chi connectivity index (χ2n) is 5.17. The molecule has 16 heavy (non-hydrogen) atoms. The van der Waals surface area contributed by atoms with E-state index >= 15 is 0 Å². The highest BCUT2D eigenvalue weighted by atomic mass is 16.1. The molecule has 3 atom stereocenters. The minimum absolute atomic E-state index is 0.232. The number of amides is 1. The number of fused-ring (bicyclic) bond motifs is 2. The fourth-order valence-electron chi connectivity index (χ4n) is 3.33. The Bertz CT molecular complexity index is 312. The molecular formula is C14H21NO. The van der Waals surface area contributed by atoms with Crippen LogP contribution < -0.4 is 5.32 Å². The molecule has 0 aromatic heterocycles. The summed E-state index contributed by atoms with van der Waals surface area (Å²) < 4.78 is 0. The number of hydrogen-bond acceptors (Lipinski definition) is 1. The summed E-state index contributed by atoms with van der Waals surface area (Å²) >= 11 is 0. The van der Waals surface area contributed by atoms with Crippen LogP contribution in [0.1, 0.15) is 45.4 Å². The molecule has 0 saturated heterocycles. The van der Waals surface area contributed by atoms with Crippen molar-refractivity contribution in [1.82, 2.24) is 5.32 Å². The van der Waals surface area contributed by atoms with Gasteiger partial charge in [0.2, 0.25) is 5.91 Å². The van der Waals surface area contributed by atoms with Crippen molar-refractivity contribution in [2.24, 2.45) is 17.8 Å². The lowest BCUT2D eigenvalue weighted by Crippen LogP contribution is -2.27. The lowest BCUT2D eigenvalue weighted by Gasteiger charge is -2.20. The molecule has 2 fully saturated rings. The van der Waals surface area contributed by atoms with Crippen molar-refractivity contribution in [1.29, 1.82) is 0 Å². The second kappa shape index (κ2) is 5.39. The zero-order valence-corrected chi connectivity index (χ0v) is 10.1. The largest absolute Gasteiger partial charge is 0.355 e. The number of rotatable bonds is 4. The van der Waals surface area contributed by atoms with E-state index in [-0.39, 0.29) is 5.91 Å². The van der Waals surface area contributed by atoms with Gasteiger partial charge in [-0.2, -0.15) is 0 Å². The van der Waals surface area contributed by atoms with Crippen LogP contribution in [0.4, 0.5) is 0 Å². The van der Waals surface area contributed by atoms with Crippen LogP contribution in [0.25, 0.3) is 0 Å². The first-order valence-electron chi connectivity index (χ1n) is 6.46. The Morgan fingerprint density at radius 3 is 2.88 bits per heavy atom. The summed E-state index contributed by atoms with van der Waals surface area (Å²) in [5, 5.41) is 2.96. The third-order valence-electron chi connectivity index (χ3n) is 4.08. The number of carbonyl (C=O) groups is 1. The second-order valence-corrected chi connectivity index (χ2v) is 5.17. The Balaban J connectivity index is 1.65. The maximum Gasteiger partial charge on any atom is 0.220 e. The molecular weight excluding hydrogens is 198 g/mol. The topological polar surface area (TPSA) is 29.1 Å². The van der Waals surface area contributed by atoms with E-state index in [9.17, 15) is 4.79 Å². The lowest BCUT2D eigenvalue weighted by molar-refractivity contribution is -0.122. The Labute approximate surface area is 98.2 Å². The van der Waals surface area contributed by atoms with E-state index in [0.29, 0.717) is 12.5 Å². The summed E-state index contributed by atoms with van der Waals surface area (Å²) in [5.74, 6) is 8.50. The van der Waals surface area contributed by atoms with E-state index in [4.69, 9.17) is 0 Å². The molecule has 2 heteroatoms. The number of nitrogens with one attached hydrogen (secondary N) is 1. The number of carbonyl (C=O) groups excluding carboxylic acids is 1. The van der Waals surface area contributed by atoms with Crippen molar-refractivity contribution in [2.75, 3.05) is 6.54 Å². The van der Waals surface area contributed by atoms with Gasteiger partial charge in [-0.1, -0.05) is 6.42 Å². The fourth-order valence-corrected chi connectivity index (χ4v) is 3.33. The Hall–Kier alpha value is -0.970. The van der Waals surface area contributed by atoms with Crippen molar-refractivity contribution in [3.63, 3.8) is 0 Å². The van der Waals surface area contributed by atoms with Crippen molar-refractivity contribution < 1.29 is 4.79 Å². The predicted molar refractivity (Wildman–Crippen MR) is 64.6 cm³/mol. The summed E-state index contributed by atoms with van der Waals surface area (Å²) in [6.07, 6.45) is 6.99. The first-order chi connectivity index (χ1) is 7.79. The standard InChI is InChI=1S/C14H21NO/c1-2-3-4-7-15-14(16)10-13-9-11-5-6-12(13)8-11/h11-13H,4-10H2,1H3,(H,15,16). The van der Waals surface area contributed by atoms with Gasteiger partial charge in [-0.05, 0) is 43.9 Å². The van der Waals surface area contributed by atoms with Crippen LogP contribution in [0.2, 0.25) is 0 Å². The normalized spacial score (nSPS) is 30.9. The van der Waals surface area contributed by atoms with Crippen molar-refractivity contribution in [2.45, 2.75) is 45.4 Å². The summed E-state index contributed by atoms with van der Waals surface area (Å²) in [6, 6.07) is 0. The molecule has 1 N–H and O–H groups in total. The number of hydrogen-bond donors (Lipinski definition) is 1. The third-order valence-corrected chi connectivity index (χ3v) is 4.08. The van der Waals surface area contributed by atoms with Crippen molar-refractivity contribution >= 4 is 5.91 Å². The minimum Gasteiger partial charge on any atom is -0.355 e. The average Bonchev–Trinajstić information content (AvgIpc) is 2.86. The van der Waals surface area contributed by atoms with Crippen LogP contribution in [0.5, 0.6) is 0 Å². The first-order valence-corrected chi connectivity index (χ1v) is 6.46. The van der Waals surface area contributed by atoms with Crippen LogP contribution in [0.3, 0.4) is 0 Å². The van der Waals surface area contributed by atoms with Crippen LogP contribution in [0, 0.1) is 29.6 Å². The molecule has 2 rings (SSSR count). The van der Waals surface area contributed by atoms with E-state index in [1.165, 1.54) is 25.7 Å². The molecule has 0 heterocycles. The van der Waals surface area contributed by atoms with E-state index in [2.05, 4.69) is 17.2 Å². The van der Waals surface area contributed by atoms with Crippen LogP contribution in [-0.2, 0) is 4.79 Å². The van der Waals surface area contributed by atoms with Crippen LogP contribution >= 0.6 is 0 Å². The molecule has 0 radical (unpaired) electrons. The molecule has 0 spiro atoms. The fraction of sp³-hybridized carbons (Fsp3) is 0.786. The molecule has 0 aliphatic heterocycles. The van der Waals surface area contributed by atoms with Crippen molar-refractivity contribution in [3.05, 3.63) is 0 Å².